The van der Waals surface area contributed by atoms with Crippen LogP contribution < -0.4 is 4.90 Å². The number of nitrogens with zero attached hydrogens (tertiary/aromatic N) is 2. The largest absolute Gasteiger partial charge is 0.464 e. The van der Waals surface area contributed by atoms with Crippen molar-refractivity contribution in [3.8, 4) is 0 Å². The zero-order valence-corrected chi connectivity index (χ0v) is 12.1. The molecule has 0 aliphatic heterocycles. The summed E-state index contributed by atoms with van der Waals surface area (Å²) in [4.78, 5) is 18.8. The van der Waals surface area contributed by atoms with Gasteiger partial charge in [-0.2, -0.15) is 0 Å². The van der Waals surface area contributed by atoms with Crippen molar-refractivity contribution >= 4 is 22.4 Å². The van der Waals surface area contributed by atoms with Crippen LogP contribution in [0.5, 0.6) is 0 Å². The molecule has 0 aliphatic carbocycles. The van der Waals surface area contributed by atoms with Gasteiger partial charge >= 0.3 is 5.97 Å². The van der Waals surface area contributed by atoms with E-state index in [1.807, 2.05) is 14.0 Å². The first kappa shape index (κ1) is 14.0. The predicted molar refractivity (Wildman–Crippen MR) is 70.9 cm³/mol. The molecule has 5 heteroatoms. The lowest BCUT2D eigenvalue weighted by atomic mass is 9.96. The van der Waals surface area contributed by atoms with Crippen LogP contribution in [0.1, 0.15) is 36.1 Å². The number of carbonyl (C=O) groups is 1. The van der Waals surface area contributed by atoms with E-state index < -0.39 is 0 Å². The highest BCUT2D eigenvalue weighted by Gasteiger charge is 2.20. The molecule has 0 saturated heterocycles. The normalized spacial score (nSPS) is 11.4. The SMILES string of the molecule is COC(=O)c1nc(N(C)CC(C)(C)C)sc1C. The number of esters is 1. The van der Waals surface area contributed by atoms with Crippen LogP contribution in [-0.4, -0.2) is 31.7 Å². The molecule has 1 rings (SSSR count). The lowest BCUT2D eigenvalue weighted by Gasteiger charge is -2.26. The van der Waals surface area contributed by atoms with Crippen molar-refractivity contribution in [2.24, 2.45) is 5.41 Å². The average molecular weight is 256 g/mol. The topological polar surface area (TPSA) is 42.4 Å². The number of methoxy groups -OCH3 is 1. The van der Waals surface area contributed by atoms with E-state index in [1.165, 1.54) is 18.4 Å². The van der Waals surface area contributed by atoms with E-state index in [4.69, 9.17) is 4.74 Å². The number of ether oxygens (including phenoxy) is 1. The van der Waals surface area contributed by atoms with Crippen LogP contribution in [-0.2, 0) is 4.74 Å². The van der Waals surface area contributed by atoms with Gasteiger partial charge in [0.25, 0.3) is 0 Å². The maximum Gasteiger partial charge on any atom is 0.357 e. The third-order valence-corrected chi connectivity index (χ3v) is 3.29. The van der Waals surface area contributed by atoms with Crippen LogP contribution >= 0.6 is 11.3 Å². The van der Waals surface area contributed by atoms with Gasteiger partial charge in [-0.25, -0.2) is 9.78 Å². The van der Waals surface area contributed by atoms with E-state index >= 15 is 0 Å². The molecule has 0 bridgehead atoms. The Bertz CT molecular complexity index is 407. The van der Waals surface area contributed by atoms with Crippen LogP contribution in [0.4, 0.5) is 5.13 Å². The monoisotopic (exact) mass is 256 g/mol. The van der Waals surface area contributed by atoms with Gasteiger partial charge in [-0.15, -0.1) is 11.3 Å². The second-order valence-electron chi connectivity index (χ2n) is 5.31. The van der Waals surface area contributed by atoms with Crippen molar-refractivity contribution in [3.05, 3.63) is 10.6 Å². The Balaban J connectivity index is 2.90. The van der Waals surface area contributed by atoms with E-state index in [9.17, 15) is 4.79 Å². The molecule has 0 atom stereocenters. The van der Waals surface area contributed by atoms with Gasteiger partial charge in [0.1, 0.15) is 0 Å². The van der Waals surface area contributed by atoms with Crippen molar-refractivity contribution in [2.75, 3.05) is 25.6 Å². The number of anilines is 1. The lowest BCUT2D eigenvalue weighted by molar-refractivity contribution is 0.0594. The highest BCUT2D eigenvalue weighted by atomic mass is 32.1. The average Bonchev–Trinajstić information content (AvgIpc) is 2.57. The zero-order valence-electron chi connectivity index (χ0n) is 11.3. The molecule has 1 heterocycles. The van der Waals surface area contributed by atoms with Crippen LogP contribution in [0, 0.1) is 12.3 Å². The maximum atomic E-state index is 11.5. The van der Waals surface area contributed by atoms with Gasteiger partial charge in [-0.05, 0) is 12.3 Å². The molecule has 0 spiro atoms. The number of carbonyl (C=O) groups excluding carboxylic acids is 1. The van der Waals surface area contributed by atoms with Crippen LogP contribution in [0.2, 0.25) is 0 Å². The van der Waals surface area contributed by atoms with Crippen molar-refractivity contribution in [1.82, 2.24) is 4.98 Å². The first-order valence-corrected chi connectivity index (χ1v) is 6.33. The fraction of sp³-hybridized carbons (Fsp3) is 0.667. The predicted octanol–water partition coefficient (Wildman–Crippen LogP) is 2.72. The second kappa shape index (κ2) is 5.04. The van der Waals surface area contributed by atoms with E-state index in [0.717, 1.165) is 16.6 Å². The summed E-state index contributed by atoms with van der Waals surface area (Å²) in [6.07, 6.45) is 0. The Labute approximate surface area is 107 Å². The van der Waals surface area contributed by atoms with Gasteiger partial charge in [-0.3, -0.25) is 0 Å². The number of thiazole rings is 1. The maximum absolute atomic E-state index is 11.5. The molecular formula is C12H20N2O2S. The lowest BCUT2D eigenvalue weighted by Crippen LogP contribution is -2.29. The smallest absolute Gasteiger partial charge is 0.357 e. The molecule has 0 aromatic carbocycles. The van der Waals surface area contributed by atoms with Crippen LogP contribution in [0.25, 0.3) is 0 Å². The number of rotatable bonds is 3. The molecule has 0 N–H and O–H groups in total. The first-order valence-electron chi connectivity index (χ1n) is 5.51. The minimum atomic E-state index is -0.367. The van der Waals surface area contributed by atoms with E-state index in [0.29, 0.717) is 5.69 Å². The standard InChI is InChI=1S/C12H20N2O2S/c1-8-9(10(15)16-6)13-11(17-8)14(5)7-12(2,3)4/h7H2,1-6H3. The second-order valence-corrected chi connectivity index (χ2v) is 6.49. The number of hydrogen-bond acceptors (Lipinski definition) is 5. The summed E-state index contributed by atoms with van der Waals surface area (Å²) >= 11 is 1.52. The van der Waals surface area contributed by atoms with Crippen LogP contribution in [0.15, 0.2) is 0 Å². The fourth-order valence-electron chi connectivity index (χ4n) is 1.61. The molecule has 1 aromatic rings. The summed E-state index contributed by atoms with van der Waals surface area (Å²) in [5.74, 6) is -0.367. The highest BCUT2D eigenvalue weighted by Crippen LogP contribution is 2.27. The first-order chi connectivity index (χ1) is 7.74. The molecule has 0 radical (unpaired) electrons. The summed E-state index contributed by atoms with van der Waals surface area (Å²) in [7, 11) is 3.37. The summed E-state index contributed by atoms with van der Waals surface area (Å²) in [5, 5.41) is 0.859. The van der Waals surface area contributed by atoms with E-state index in [-0.39, 0.29) is 11.4 Å². The van der Waals surface area contributed by atoms with Crippen molar-refractivity contribution in [1.29, 1.82) is 0 Å². The number of hydrogen-bond donors (Lipinski definition) is 0. The Morgan fingerprint density at radius 2 is 2.06 bits per heavy atom. The van der Waals surface area contributed by atoms with Crippen LogP contribution in [0.3, 0.4) is 0 Å². The van der Waals surface area contributed by atoms with Gasteiger partial charge in [-0.1, -0.05) is 20.8 Å². The molecule has 0 aliphatic rings. The highest BCUT2D eigenvalue weighted by molar-refractivity contribution is 7.15. The molecular weight excluding hydrogens is 236 g/mol. The summed E-state index contributed by atoms with van der Waals surface area (Å²) < 4.78 is 4.70. The summed E-state index contributed by atoms with van der Waals surface area (Å²) in [6.45, 7) is 9.29. The molecule has 96 valence electrons. The minimum absolute atomic E-state index is 0.194. The summed E-state index contributed by atoms with van der Waals surface area (Å²) in [5.41, 5.74) is 0.619. The molecule has 0 saturated carbocycles. The number of aromatic nitrogens is 1. The Morgan fingerprint density at radius 1 is 1.47 bits per heavy atom. The van der Waals surface area contributed by atoms with Gasteiger partial charge in [0.2, 0.25) is 0 Å². The Morgan fingerprint density at radius 3 is 2.53 bits per heavy atom. The zero-order chi connectivity index (χ0) is 13.2. The van der Waals surface area contributed by atoms with Crippen molar-refractivity contribution in [3.63, 3.8) is 0 Å². The molecule has 0 unspecified atom stereocenters. The third kappa shape index (κ3) is 3.70. The van der Waals surface area contributed by atoms with Gasteiger partial charge in [0.05, 0.1) is 7.11 Å². The quantitative estimate of drug-likeness (QED) is 0.780. The van der Waals surface area contributed by atoms with Gasteiger partial charge < -0.3 is 9.64 Å². The molecule has 0 fully saturated rings. The Kier molecular flexibility index (Phi) is 4.14. The fourth-order valence-corrected chi connectivity index (χ4v) is 2.47. The molecule has 0 amide bonds. The third-order valence-electron chi connectivity index (χ3n) is 2.20. The number of aryl methyl sites for hydroxylation is 1. The molecule has 4 nitrogen and oxygen atoms in total. The molecule has 1 aromatic heterocycles. The molecule has 17 heavy (non-hydrogen) atoms. The minimum Gasteiger partial charge on any atom is -0.464 e. The van der Waals surface area contributed by atoms with E-state index in [1.54, 1.807) is 0 Å². The van der Waals surface area contributed by atoms with Crippen molar-refractivity contribution < 1.29 is 9.53 Å². The summed E-state index contributed by atoms with van der Waals surface area (Å²) in [6, 6.07) is 0. The Hall–Kier alpha value is -1.10. The van der Waals surface area contributed by atoms with Crippen molar-refractivity contribution in [2.45, 2.75) is 27.7 Å². The van der Waals surface area contributed by atoms with Gasteiger partial charge in [0, 0.05) is 18.5 Å². The van der Waals surface area contributed by atoms with E-state index in [2.05, 4.69) is 30.7 Å². The van der Waals surface area contributed by atoms with Gasteiger partial charge in [0.15, 0.2) is 10.8 Å².